The van der Waals surface area contributed by atoms with Gasteiger partial charge >= 0.3 is 5.69 Å². The SMILES string of the molecule is CCOc1cc([C@H](CS(C)(=O)=O)n2c(=O)[nH]c3c(/C(C=N)=C/NC)ccnc32)ccc1OC. The van der Waals surface area contributed by atoms with Gasteiger partial charge in [0.15, 0.2) is 17.1 Å². The fourth-order valence-corrected chi connectivity index (χ4v) is 4.59. The number of sulfone groups is 1. The van der Waals surface area contributed by atoms with Crippen molar-refractivity contribution < 1.29 is 17.9 Å². The van der Waals surface area contributed by atoms with Crippen LogP contribution in [0.25, 0.3) is 16.7 Å². The average molecular weight is 474 g/mol. The van der Waals surface area contributed by atoms with Crippen molar-refractivity contribution in [3.8, 4) is 11.5 Å². The molecule has 0 saturated heterocycles. The van der Waals surface area contributed by atoms with E-state index in [9.17, 15) is 13.2 Å². The molecule has 1 atom stereocenters. The molecule has 0 fully saturated rings. The van der Waals surface area contributed by atoms with Crippen LogP contribution >= 0.6 is 0 Å². The summed E-state index contributed by atoms with van der Waals surface area (Å²) in [6.07, 6.45) is 5.43. The topological polar surface area (TPSA) is 139 Å². The van der Waals surface area contributed by atoms with Crippen molar-refractivity contribution in [1.82, 2.24) is 19.9 Å². The number of H-pyrrole nitrogens is 1. The summed E-state index contributed by atoms with van der Waals surface area (Å²) in [7, 11) is -0.274. The Bertz CT molecular complexity index is 1360. The molecule has 10 nitrogen and oxygen atoms in total. The highest BCUT2D eigenvalue weighted by atomic mass is 32.2. The number of allylic oxidation sites excluding steroid dienone is 1. The van der Waals surface area contributed by atoms with Gasteiger partial charge < -0.3 is 25.2 Å². The maximum absolute atomic E-state index is 13.1. The molecular formula is C22H27N5O5S. The van der Waals surface area contributed by atoms with Crippen molar-refractivity contribution in [3.63, 3.8) is 0 Å². The van der Waals surface area contributed by atoms with Crippen LogP contribution in [0.5, 0.6) is 11.5 Å². The van der Waals surface area contributed by atoms with Crippen LogP contribution in [0.2, 0.25) is 0 Å². The minimum Gasteiger partial charge on any atom is -0.493 e. The first kappa shape index (κ1) is 24.1. The van der Waals surface area contributed by atoms with Crippen LogP contribution in [0, 0.1) is 5.41 Å². The van der Waals surface area contributed by atoms with Crippen LogP contribution in [-0.2, 0) is 9.84 Å². The highest BCUT2D eigenvalue weighted by Crippen LogP contribution is 2.33. The van der Waals surface area contributed by atoms with Crippen molar-refractivity contribution in [1.29, 1.82) is 5.41 Å². The Balaban J connectivity index is 2.29. The predicted molar refractivity (Wildman–Crippen MR) is 128 cm³/mol. The van der Waals surface area contributed by atoms with E-state index in [1.54, 1.807) is 37.5 Å². The standard InChI is InChI=1S/C22H27N5O5S/c1-5-32-19-10-14(6-7-18(19)31-3)17(13-33(4,29)30)27-21-20(26-22(27)28)16(8-9-25-21)15(11-23)12-24-2/h6-12,17,23-24H,5,13H2,1-4H3,(H,26,28)/b15-12+,23-11?/t17-/m0/s1. The van der Waals surface area contributed by atoms with Crippen LogP contribution in [-0.4, -0.2) is 61.9 Å². The number of aromatic nitrogens is 3. The third-order valence-electron chi connectivity index (χ3n) is 5.02. The van der Waals surface area contributed by atoms with Crippen molar-refractivity contribution in [2.24, 2.45) is 0 Å². The van der Waals surface area contributed by atoms with Gasteiger partial charge in [0.05, 0.1) is 31.0 Å². The molecule has 0 radical (unpaired) electrons. The lowest BCUT2D eigenvalue weighted by Gasteiger charge is -2.20. The Hall–Kier alpha value is -3.60. The van der Waals surface area contributed by atoms with Crippen LogP contribution in [0.4, 0.5) is 0 Å². The minimum absolute atomic E-state index is 0.281. The lowest BCUT2D eigenvalue weighted by Crippen LogP contribution is -2.28. The Kier molecular flexibility index (Phi) is 7.22. The van der Waals surface area contributed by atoms with Gasteiger partial charge in [0.1, 0.15) is 9.84 Å². The van der Waals surface area contributed by atoms with Crippen LogP contribution in [0.1, 0.15) is 24.1 Å². The van der Waals surface area contributed by atoms with E-state index in [2.05, 4.69) is 15.3 Å². The second kappa shape index (κ2) is 9.90. The molecule has 0 saturated carbocycles. The van der Waals surface area contributed by atoms with E-state index in [0.29, 0.717) is 40.3 Å². The Morgan fingerprint density at radius 3 is 2.70 bits per heavy atom. The Morgan fingerprint density at radius 2 is 2.09 bits per heavy atom. The molecule has 3 N–H and O–H groups in total. The molecule has 3 aromatic rings. The van der Waals surface area contributed by atoms with Crippen LogP contribution < -0.4 is 20.5 Å². The molecule has 0 bridgehead atoms. The zero-order valence-electron chi connectivity index (χ0n) is 18.9. The number of pyridine rings is 1. The second-order valence-corrected chi connectivity index (χ2v) is 9.53. The third-order valence-corrected chi connectivity index (χ3v) is 5.94. The fourth-order valence-electron chi connectivity index (χ4n) is 3.68. The number of aromatic amines is 1. The highest BCUT2D eigenvalue weighted by molar-refractivity contribution is 7.90. The number of methoxy groups -OCH3 is 1. The van der Waals surface area contributed by atoms with Gasteiger partial charge in [0, 0.05) is 43.1 Å². The summed E-state index contributed by atoms with van der Waals surface area (Å²) in [5, 5.41) is 10.6. The number of benzene rings is 1. The summed E-state index contributed by atoms with van der Waals surface area (Å²) in [4.78, 5) is 20.3. The van der Waals surface area contributed by atoms with Gasteiger partial charge in [-0.3, -0.25) is 4.57 Å². The normalized spacial score (nSPS) is 13.0. The van der Waals surface area contributed by atoms with Gasteiger partial charge in [0.2, 0.25) is 0 Å². The molecule has 11 heteroatoms. The zero-order chi connectivity index (χ0) is 24.2. The van der Waals surface area contributed by atoms with E-state index in [1.807, 2.05) is 6.92 Å². The van der Waals surface area contributed by atoms with E-state index in [-0.39, 0.29) is 11.4 Å². The molecule has 0 aliphatic heterocycles. The summed E-state index contributed by atoms with van der Waals surface area (Å²) in [5.41, 5.74) is 1.84. The van der Waals surface area contributed by atoms with Gasteiger partial charge in [-0.1, -0.05) is 6.07 Å². The van der Waals surface area contributed by atoms with E-state index >= 15 is 0 Å². The quantitative estimate of drug-likeness (QED) is 0.383. The van der Waals surface area contributed by atoms with Crippen molar-refractivity contribution in [2.45, 2.75) is 13.0 Å². The van der Waals surface area contributed by atoms with E-state index in [0.717, 1.165) is 12.5 Å². The number of ether oxygens (including phenoxy) is 2. The molecule has 176 valence electrons. The Morgan fingerprint density at radius 1 is 1.33 bits per heavy atom. The van der Waals surface area contributed by atoms with Gasteiger partial charge in [-0.2, -0.15) is 0 Å². The van der Waals surface area contributed by atoms with E-state index in [1.165, 1.54) is 17.9 Å². The summed E-state index contributed by atoms with van der Waals surface area (Å²) >= 11 is 0. The first-order valence-electron chi connectivity index (χ1n) is 10.2. The number of fused-ring (bicyclic) bond motifs is 1. The van der Waals surface area contributed by atoms with Crippen molar-refractivity contribution in [2.75, 3.05) is 32.8 Å². The number of imidazole rings is 1. The fraction of sp³-hybridized carbons (Fsp3) is 0.318. The monoisotopic (exact) mass is 473 g/mol. The third kappa shape index (κ3) is 5.08. The molecule has 2 aromatic heterocycles. The molecule has 0 unspecified atom stereocenters. The number of rotatable bonds is 10. The maximum atomic E-state index is 13.1. The average Bonchev–Trinajstić information content (AvgIpc) is 3.11. The summed E-state index contributed by atoms with van der Waals surface area (Å²) in [5.74, 6) is 0.617. The number of hydrogen-bond donors (Lipinski definition) is 3. The van der Waals surface area contributed by atoms with E-state index in [4.69, 9.17) is 14.9 Å². The van der Waals surface area contributed by atoms with Crippen LogP contribution in [0.3, 0.4) is 0 Å². The van der Waals surface area contributed by atoms with Crippen molar-refractivity contribution in [3.05, 3.63) is 58.3 Å². The highest BCUT2D eigenvalue weighted by Gasteiger charge is 2.26. The molecule has 3 rings (SSSR count). The predicted octanol–water partition coefficient (Wildman–Crippen LogP) is 1.98. The summed E-state index contributed by atoms with van der Waals surface area (Å²) in [6, 6.07) is 5.87. The number of nitrogens with one attached hydrogen (secondary N) is 3. The van der Waals surface area contributed by atoms with Crippen LogP contribution in [0.15, 0.2) is 41.5 Å². The second-order valence-electron chi connectivity index (χ2n) is 7.34. The molecule has 0 aliphatic carbocycles. The van der Waals surface area contributed by atoms with E-state index < -0.39 is 21.6 Å². The molecule has 2 heterocycles. The summed E-state index contributed by atoms with van der Waals surface area (Å²) < 4.78 is 37.0. The summed E-state index contributed by atoms with van der Waals surface area (Å²) in [6.45, 7) is 2.22. The number of hydrogen-bond acceptors (Lipinski definition) is 8. The lowest BCUT2D eigenvalue weighted by atomic mass is 10.1. The number of nitrogens with zero attached hydrogens (tertiary/aromatic N) is 2. The molecule has 0 amide bonds. The maximum Gasteiger partial charge on any atom is 0.328 e. The van der Waals surface area contributed by atoms with Gasteiger partial charge in [0.25, 0.3) is 0 Å². The molecular weight excluding hydrogens is 446 g/mol. The first-order valence-corrected chi connectivity index (χ1v) is 12.3. The minimum atomic E-state index is -3.49. The molecule has 0 aliphatic rings. The van der Waals surface area contributed by atoms with Crippen molar-refractivity contribution >= 4 is 32.8 Å². The smallest absolute Gasteiger partial charge is 0.328 e. The largest absolute Gasteiger partial charge is 0.493 e. The van der Waals surface area contributed by atoms with Gasteiger partial charge in [-0.15, -0.1) is 0 Å². The zero-order valence-corrected chi connectivity index (χ0v) is 19.7. The first-order chi connectivity index (χ1) is 15.7. The van der Waals surface area contributed by atoms with Gasteiger partial charge in [-0.05, 0) is 30.7 Å². The van der Waals surface area contributed by atoms with Gasteiger partial charge in [-0.25, -0.2) is 18.2 Å². The molecule has 1 aromatic carbocycles. The Labute approximate surface area is 191 Å². The lowest BCUT2D eigenvalue weighted by molar-refractivity contribution is 0.310. The molecule has 33 heavy (non-hydrogen) atoms. The molecule has 0 spiro atoms.